The van der Waals surface area contributed by atoms with Crippen molar-refractivity contribution >= 4 is 0 Å². The molecule has 1 aromatic rings. The smallest absolute Gasteiger partial charge is 0.163 e. The third-order valence-corrected chi connectivity index (χ3v) is 3.58. The molecule has 0 radical (unpaired) electrons. The van der Waals surface area contributed by atoms with Crippen LogP contribution in [0.15, 0.2) is 18.2 Å². The van der Waals surface area contributed by atoms with Gasteiger partial charge in [-0.3, -0.25) is 0 Å². The molecular formula is C14H19F2N. The van der Waals surface area contributed by atoms with E-state index in [9.17, 15) is 8.78 Å². The van der Waals surface area contributed by atoms with Crippen molar-refractivity contribution in [2.45, 2.75) is 32.7 Å². The van der Waals surface area contributed by atoms with E-state index in [4.69, 9.17) is 0 Å². The van der Waals surface area contributed by atoms with E-state index in [2.05, 4.69) is 12.2 Å². The van der Waals surface area contributed by atoms with Gasteiger partial charge in [-0.25, -0.2) is 8.78 Å². The Morgan fingerprint density at radius 3 is 2.82 bits per heavy atom. The normalized spacial score (nSPS) is 24.2. The lowest BCUT2D eigenvalue weighted by molar-refractivity contribution is 0.457. The quantitative estimate of drug-likeness (QED) is 0.848. The topological polar surface area (TPSA) is 12.0 Å². The molecule has 2 atom stereocenters. The number of hydrogen-bond acceptors (Lipinski definition) is 1. The maximum absolute atomic E-state index is 13.3. The van der Waals surface area contributed by atoms with Gasteiger partial charge in [0.15, 0.2) is 11.6 Å². The van der Waals surface area contributed by atoms with Crippen molar-refractivity contribution in [1.82, 2.24) is 5.32 Å². The van der Waals surface area contributed by atoms with E-state index in [1.807, 2.05) is 0 Å². The standard InChI is InChI=1S/C14H19F2N/c1-10-5-6-11(7-10)8-17-9-12-3-2-4-13(15)14(12)16/h2-4,10-11,17H,5-9H2,1H3. The van der Waals surface area contributed by atoms with E-state index in [0.29, 0.717) is 18.0 Å². The molecule has 0 heterocycles. The third kappa shape index (κ3) is 3.25. The number of nitrogens with one attached hydrogen (secondary N) is 1. The summed E-state index contributed by atoms with van der Waals surface area (Å²) in [6, 6.07) is 4.33. The Labute approximate surface area is 101 Å². The van der Waals surface area contributed by atoms with Crippen LogP contribution < -0.4 is 5.32 Å². The first-order chi connectivity index (χ1) is 8.16. The van der Waals surface area contributed by atoms with Crippen LogP contribution in [0.25, 0.3) is 0 Å². The second-order valence-corrected chi connectivity index (χ2v) is 5.13. The molecule has 1 saturated carbocycles. The fraction of sp³-hybridized carbons (Fsp3) is 0.571. The Balaban J connectivity index is 1.80. The van der Waals surface area contributed by atoms with Crippen LogP contribution in [0.5, 0.6) is 0 Å². The summed E-state index contributed by atoms with van der Waals surface area (Å²) >= 11 is 0. The van der Waals surface area contributed by atoms with Crippen LogP contribution in [0.1, 0.15) is 31.7 Å². The summed E-state index contributed by atoms with van der Waals surface area (Å²) in [6.07, 6.45) is 3.79. The van der Waals surface area contributed by atoms with Gasteiger partial charge in [-0.15, -0.1) is 0 Å². The molecule has 17 heavy (non-hydrogen) atoms. The van der Waals surface area contributed by atoms with Crippen molar-refractivity contribution in [2.75, 3.05) is 6.54 Å². The summed E-state index contributed by atoms with van der Waals surface area (Å²) in [7, 11) is 0. The summed E-state index contributed by atoms with van der Waals surface area (Å²) in [6.45, 7) is 3.58. The Morgan fingerprint density at radius 2 is 2.12 bits per heavy atom. The van der Waals surface area contributed by atoms with Gasteiger partial charge in [0.1, 0.15) is 0 Å². The molecular weight excluding hydrogens is 220 g/mol. The first-order valence-corrected chi connectivity index (χ1v) is 6.30. The van der Waals surface area contributed by atoms with E-state index < -0.39 is 11.6 Å². The molecule has 2 rings (SSSR count). The molecule has 3 heteroatoms. The van der Waals surface area contributed by atoms with Crippen LogP contribution in [-0.4, -0.2) is 6.54 Å². The molecule has 1 nitrogen and oxygen atoms in total. The van der Waals surface area contributed by atoms with Gasteiger partial charge < -0.3 is 5.32 Å². The fourth-order valence-corrected chi connectivity index (χ4v) is 2.61. The van der Waals surface area contributed by atoms with Gasteiger partial charge in [0.25, 0.3) is 0 Å². The maximum atomic E-state index is 13.3. The molecule has 1 aromatic carbocycles. The lowest BCUT2D eigenvalue weighted by Crippen LogP contribution is -2.21. The highest BCUT2D eigenvalue weighted by molar-refractivity contribution is 5.18. The van der Waals surface area contributed by atoms with Gasteiger partial charge in [0.05, 0.1) is 0 Å². The zero-order valence-electron chi connectivity index (χ0n) is 10.2. The fourth-order valence-electron chi connectivity index (χ4n) is 2.61. The van der Waals surface area contributed by atoms with Gasteiger partial charge >= 0.3 is 0 Å². The van der Waals surface area contributed by atoms with Crippen LogP contribution in [-0.2, 0) is 6.54 Å². The van der Waals surface area contributed by atoms with Crippen LogP contribution in [0.4, 0.5) is 8.78 Å². The summed E-state index contributed by atoms with van der Waals surface area (Å²) in [5, 5.41) is 3.23. The van der Waals surface area contributed by atoms with E-state index >= 15 is 0 Å². The van der Waals surface area contributed by atoms with Crippen molar-refractivity contribution in [3.05, 3.63) is 35.4 Å². The second-order valence-electron chi connectivity index (χ2n) is 5.13. The van der Waals surface area contributed by atoms with Gasteiger partial charge in [0.2, 0.25) is 0 Å². The Hall–Kier alpha value is -0.960. The molecule has 0 spiro atoms. The third-order valence-electron chi connectivity index (χ3n) is 3.58. The van der Waals surface area contributed by atoms with E-state index in [-0.39, 0.29) is 0 Å². The zero-order valence-corrected chi connectivity index (χ0v) is 10.2. The molecule has 94 valence electrons. The zero-order chi connectivity index (χ0) is 12.3. The molecule has 2 unspecified atom stereocenters. The van der Waals surface area contributed by atoms with Gasteiger partial charge in [-0.2, -0.15) is 0 Å². The minimum atomic E-state index is -0.765. The molecule has 0 amide bonds. The second kappa shape index (κ2) is 5.58. The van der Waals surface area contributed by atoms with Crippen LogP contribution in [0.3, 0.4) is 0 Å². The maximum Gasteiger partial charge on any atom is 0.163 e. The summed E-state index contributed by atoms with van der Waals surface area (Å²) in [5.74, 6) is 0.0212. The lowest BCUT2D eigenvalue weighted by atomic mass is 10.1. The van der Waals surface area contributed by atoms with Crippen molar-refractivity contribution in [3.63, 3.8) is 0 Å². The first-order valence-electron chi connectivity index (χ1n) is 6.30. The van der Waals surface area contributed by atoms with Crippen molar-refractivity contribution in [2.24, 2.45) is 11.8 Å². The van der Waals surface area contributed by atoms with Gasteiger partial charge in [0, 0.05) is 12.1 Å². The monoisotopic (exact) mass is 239 g/mol. The highest BCUT2D eigenvalue weighted by atomic mass is 19.2. The minimum Gasteiger partial charge on any atom is -0.312 e. The Bertz CT molecular complexity index is 378. The van der Waals surface area contributed by atoms with Crippen molar-refractivity contribution in [3.8, 4) is 0 Å². The number of halogens is 2. The average Bonchev–Trinajstić information content (AvgIpc) is 2.70. The molecule has 0 aromatic heterocycles. The average molecular weight is 239 g/mol. The predicted molar refractivity (Wildman–Crippen MR) is 64.6 cm³/mol. The van der Waals surface area contributed by atoms with Crippen LogP contribution >= 0.6 is 0 Å². The molecule has 1 N–H and O–H groups in total. The number of hydrogen-bond donors (Lipinski definition) is 1. The number of rotatable bonds is 4. The van der Waals surface area contributed by atoms with E-state index in [1.54, 1.807) is 12.1 Å². The molecule has 1 fully saturated rings. The largest absolute Gasteiger partial charge is 0.312 e. The van der Waals surface area contributed by atoms with Crippen LogP contribution in [0.2, 0.25) is 0 Å². The van der Waals surface area contributed by atoms with E-state index in [0.717, 1.165) is 18.5 Å². The summed E-state index contributed by atoms with van der Waals surface area (Å²) < 4.78 is 26.3. The Morgan fingerprint density at radius 1 is 1.29 bits per heavy atom. The molecule has 1 aliphatic carbocycles. The molecule has 1 aliphatic rings. The minimum absolute atomic E-state index is 0.411. The van der Waals surface area contributed by atoms with Crippen molar-refractivity contribution in [1.29, 1.82) is 0 Å². The van der Waals surface area contributed by atoms with E-state index in [1.165, 1.54) is 19.3 Å². The molecule has 0 saturated heterocycles. The summed E-state index contributed by atoms with van der Waals surface area (Å²) in [5.41, 5.74) is 0.413. The highest BCUT2D eigenvalue weighted by Crippen LogP contribution is 2.29. The SMILES string of the molecule is CC1CCC(CNCc2cccc(F)c2F)C1. The lowest BCUT2D eigenvalue weighted by Gasteiger charge is -2.11. The summed E-state index contributed by atoms with van der Waals surface area (Å²) in [4.78, 5) is 0. The number of benzene rings is 1. The predicted octanol–water partition coefficient (Wildman–Crippen LogP) is 3.49. The molecule has 0 bridgehead atoms. The van der Waals surface area contributed by atoms with Crippen molar-refractivity contribution < 1.29 is 8.78 Å². The molecule has 0 aliphatic heterocycles. The Kier molecular flexibility index (Phi) is 4.11. The van der Waals surface area contributed by atoms with Gasteiger partial charge in [-0.1, -0.05) is 25.5 Å². The van der Waals surface area contributed by atoms with Gasteiger partial charge in [-0.05, 0) is 37.3 Å². The van der Waals surface area contributed by atoms with Crippen LogP contribution in [0, 0.1) is 23.5 Å². The first kappa shape index (κ1) is 12.5. The highest BCUT2D eigenvalue weighted by Gasteiger charge is 2.20.